The molecule has 0 aromatic heterocycles. The van der Waals surface area contributed by atoms with Gasteiger partial charge in [0.1, 0.15) is 5.25 Å². The number of carboxylic acid groups (broad SMARTS) is 1. The Morgan fingerprint density at radius 2 is 2.25 bits per heavy atom. The fourth-order valence-electron chi connectivity index (χ4n) is 2.05. The summed E-state index contributed by atoms with van der Waals surface area (Å²) in [5, 5.41) is 8.00. The van der Waals surface area contributed by atoms with Crippen molar-refractivity contribution in [1.29, 1.82) is 0 Å². The van der Waals surface area contributed by atoms with E-state index in [2.05, 4.69) is 11.9 Å². The second-order valence-electron chi connectivity index (χ2n) is 4.48. The number of hydrogen-bond acceptors (Lipinski definition) is 3. The van der Waals surface area contributed by atoms with E-state index in [9.17, 15) is 9.00 Å². The second kappa shape index (κ2) is 6.35. The number of hydrogen-bond donors (Lipinski definition) is 1. The molecule has 0 saturated carbocycles. The molecule has 3 atom stereocenters. The van der Waals surface area contributed by atoms with Crippen molar-refractivity contribution < 1.29 is 14.1 Å². The van der Waals surface area contributed by atoms with Crippen LogP contribution >= 0.6 is 0 Å². The van der Waals surface area contributed by atoms with Crippen LogP contribution in [0.5, 0.6) is 0 Å². The number of nitrogens with zero attached hydrogens (tertiary/aromatic N) is 1. The van der Waals surface area contributed by atoms with Gasteiger partial charge in [0.05, 0.1) is 0 Å². The third-order valence-corrected chi connectivity index (χ3v) is 4.94. The van der Waals surface area contributed by atoms with Crippen molar-refractivity contribution in [2.75, 3.05) is 19.3 Å². The summed E-state index contributed by atoms with van der Waals surface area (Å²) in [4.78, 5) is 13.0. The van der Waals surface area contributed by atoms with Crippen LogP contribution in [-0.4, -0.2) is 50.8 Å². The molecule has 1 heterocycles. The van der Waals surface area contributed by atoms with Gasteiger partial charge in [-0.2, -0.15) is 0 Å². The van der Waals surface area contributed by atoms with E-state index in [1.807, 2.05) is 0 Å². The van der Waals surface area contributed by atoms with Crippen LogP contribution in [0.2, 0.25) is 0 Å². The van der Waals surface area contributed by atoms with Gasteiger partial charge in [0.25, 0.3) is 0 Å². The third kappa shape index (κ3) is 3.87. The SMILES string of the molecule is CC(C(=O)O)S(=O)CCC1CCCCN1C. The van der Waals surface area contributed by atoms with E-state index in [1.165, 1.54) is 19.8 Å². The summed E-state index contributed by atoms with van der Waals surface area (Å²) in [6, 6.07) is 0.485. The van der Waals surface area contributed by atoms with Gasteiger partial charge in [0.2, 0.25) is 0 Å². The quantitative estimate of drug-likeness (QED) is 0.790. The third-order valence-electron chi connectivity index (χ3n) is 3.32. The lowest BCUT2D eigenvalue weighted by molar-refractivity contribution is -0.136. The van der Waals surface area contributed by atoms with Gasteiger partial charge in [0, 0.05) is 22.6 Å². The zero-order chi connectivity index (χ0) is 12.1. The van der Waals surface area contributed by atoms with Crippen molar-refractivity contribution in [1.82, 2.24) is 4.90 Å². The summed E-state index contributed by atoms with van der Waals surface area (Å²) in [7, 11) is 0.853. The molecule has 16 heavy (non-hydrogen) atoms. The first-order chi connectivity index (χ1) is 7.52. The van der Waals surface area contributed by atoms with E-state index in [0.717, 1.165) is 19.4 Å². The van der Waals surface area contributed by atoms with Crippen molar-refractivity contribution in [3.05, 3.63) is 0 Å². The molecule has 0 bridgehead atoms. The highest BCUT2D eigenvalue weighted by Gasteiger charge is 2.23. The van der Waals surface area contributed by atoms with Crippen molar-refractivity contribution in [3.63, 3.8) is 0 Å². The van der Waals surface area contributed by atoms with E-state index in [0.29, 0.717) is 11.8 Å². The predicted octanol–water partition coefficient (Wildman–Crippen LogP) is 1.08. The zero-order valence-electron chi connectivity index (χ0n) is 10.0. The highest BCUT2D eigenvalue weighted by molar-refractivity contribution is 7.86. The normalized spacial score (nSPS) is 26.2. The average Bonchev–Trinajstić information content (AvgIpc) is 2.26. The minimum absolute atomic E-state index is 0.485. The average molecular weight is 247 g/mol. The van der Waals surface area contributed by atoms with E-state index in [-0.39, 0.29) is 0 Å². The summed E-state index contributed by atoms with van der Waals surface area (Å²) < 4.78 is 11.6. The molecule has 94 valence electrons. The molecule has 0 aliphatic carbocycles. The fourth-order valence-corrected chi connectivity index (χ4v) is 3.13. The summed E-state index contributed by atoms with van der Waals surface area (Å²) >= 11 is 0. The van der Waals surface area contributed by atoms with Crippen molar-refractivity contribution >= 4 is 16.8 Å². The van der Waals surface area contributed by atoms with Gasteiger partial charge >= 0.3 is 5.97 Å². The first-order valence-electron chi connectivity index (χ1n) is 5.82. The molecule has 0 radical (unpaired) electrons. The standard InChI is InChI=1S/C11H21NO3S/c1-9(11(13)14)16(15)8-6-10-5-3-4-7-12(10)2/h9-10H,3-8H2,1-2H3,(H,13,14). The highest BCUT2D eigenvalue weighted by Crippen LogP contribution is 2.18. The van der Waals surface area contributed by atoms with Crippen LogP contribution in [0.4, 0.5) is 0 Å². The molecule has 1 aliphatic heterocycles. The maximum atomic E-state index is 11.6. The Labute approximate surface area is 99.5 Å². The zero-order valence-corrected chi connectivity index (χ0v) is 10.8. The number of rotatable bonds is 5. The molecule has 0 spiro atoms. The van der Waals surface area contributed by atoms with Crippen LogP contribution in [0.25, 0.3) is 0 Å². The molecule has 1 aliphatic rings. The highest BCUT2D eigenvalue weighted by atomic mass is 32.2. The van der Waals surface area contributed by atoms with Crippen molar-refractivity contribution in [3.8, 4) is 0 Å². The van der Waals surface area contributed by atoms with Crippen LogP contribution in [-0.2, 0) is 15.6 Å². The molecular weight excluding hydrogens is 226 g/mol. The van der Waals surface area contributed by atoms with Gasteiger partial charge < -0.3 is 10.0 Å². The Morgan fingerprint density at radius 1 is 1.56 bits per heavy atom. The molecule has 1 saturated heterocycles. The molecular formula is C11H21NO3S. The van der Waals surface area contributed by atoms with Crippen molar-refractivity contribution in [2.24, 2.45) is 0 Å². The maximum absolute atomic E-state index is 11.6. The molecule has 1 N–H and O–H groups in total. The van der Waals surface area contributed by atoms with Crippen LogP contribution in [0.3, 0.4) is 0 Å². The largest absolute Gasteiger partial charge is 0.480 e. The lowest BCUT2D eigenvalue weighted by Gasteiger charge is -2.32. The number of piperidine rings is 1. The molecule has 1 rings (SSSR count). The van der Waals surface area contributed by atoms with E-state index in [1.54, 1.807) is 0 Å². The van der Waals surface area contributed by atoms with Crippen LogP contribution in [0, 0.1) is 0 Å². The maximum Gasteiger partial charge on any atom is 0.318 e. The monoisotopic (exact) mass is 247 g/mol. The fraction of sp³-hybridized carbons (Fsp3) is 0.909. The Morgan fingerprint density at radius 3 is 2.81 bits per heavy atom. The molecule has 3 unspecified atom stereocenters. The van der Waals surface area contributed by atoms with E-state index >= 15 is 0 Å². The lowest BCUT2D eigenvalue weighted by Crippen LogP contribution is -2.37. The Hall–Kier alpha value is -0.420. The van der Waals surface area contributed by atoms with Gasteiger partial charge in [-0.3, -0.25) is 9.00 Å². The minimum atomic E-state index is -1.24. The molecule has 0 amide bonds. The summed E-state index contributed by atoms with van der Waals surface area (Å²) in [6.45, 7) is 2.62. The van der Waals surface area contributed by atoms with E-state index in [4.69, 9.17) is 5.11 Å². The number of carboxylic acids is 1. The van der Waals surface area contributed by atoms with E-state index < -0.39 is 22.0 Å². The van der Waals surface area contributed by atoms with Crippen LogP contribution < -0.4 is 0 Å². The minimum Gasteiger partial charge on any atom is -0.480 e. The van der Waals surface area contributed by atoms with Gasteiger partial charge in [-0.15, -0.1) is 0 Å². The summed E-state index contributed by atoms with van der Waals surface area (Å²) in [6.07, 6.45) is 4.47. The smallest absolute Gasteiger partial charge is 0.318 e. The van der Waals surface area contributed by atoms with Crippen LogP contribution in [0.1, 0.15) is 32.6 Å². The van der Waals surface area contributed by atoms with Crippen LogP contribution in [0.15, 0.2) is 0 Å². The summed E-state index contributed by atoms with van der Waals surface area (Å²) in [5.41, 5.74) is 0. The van der Waals surface area contributed by atoms with Gasteiger partial charge in [-0.25, -0.2) is 0 Å². The van der Waals surface area contributed by atoms with Gasteiger partial charge in [-0.05, 0) is 39.8 Å². The van der Waals surface area contributed by atoms with Gasteiger partial charge in [-0.1, -0.05) is 6.42 Å². The van der Waals surface area contributed by atoms with Crippen molar-refractivity contribution in [2.45, 2.75) is 43.9 Å². The summed E-state index contributed by atoms with van der Waals surface area (Å²) in [5.74, 6) is -0.460. The topological polar surface area (TPSA) is 57.6 Å². The molecule has 0 aromatic carbocycles. The van der Waals surface area contributed by atoms with Gasteiger partial charge in [0.15, 0.2) is 0 Å². The molecule has 1 fully saturated rings. The number of likely N-dealkylation sites (tertiary alicyclic amines) is 1. The molecule has 5 heteroatoms. The Kier molecular flexibility index (Phi) is 5.41. The second-order valence-corrected chi connectivity index (χ2v) is 6.36. The first kappa shape index (κ1) is 13.6. The Bertz CT molecular complexity index is 270. The predicted molar refractivity (Wildman–Crippen MR) is 65.0 cm³/mol. The lowest BCUT2D eigenvalue weighted by atomic mass is 10.0. The number of carbonyl (C=O) groups is 1. The number of aliphatic carboxylic acids is 1. The first-order valence-corrected chi connectivity index (χ1v) is 7.21. The Balaban J connectivity index is 2.33. The molecule has 0 aromatic rings. The molecule has 4 nitrogen and oxygen atoms in total.